The van der Waals surface area contributed by atoms with Gasteiger partial charge in [-0.1, -0.05) is 18.2 Å². The number of halogens is 3. The Morgan fingerprint density at radius 1 is 1.34 bits per heavy atom. The Morgan fingerprint density at radius 2 is 2.14 bits per heavy atom. The summed E-state index contributed by atoms with van der Waals surface area (Å²) in [5, 5.41) is 12.6. The molecular weight excluding hydrogens is 497 g/mol. The van der Waals surface area contributed by atoms with Crippen LogP contribution in [-0.4, -0.2) is 28.5 Å². The molecule has 1 heterocycles. The number of ether oxygens (including phenoxy) is 2. The van der Waals surface area contributed by atoms with Crippen LogP contribution in [0.3, 0.4) is 0 Å². The topological polar surface area (TPSA) is 80.2 Å². The van der Waals surface area contributed by atoms with E-state index in [4.69, 9.17) is 4.74 Å². The number of fused-ring (bicyclic) bond motifs is 1. The van der Waals surface area contributed by atoms with Gasteiger partial charge in [-0.15, -0.1) is 0 Å². The van der Waals surface area contributed by atoms with E-state index in [0.29, 0.717) is 6.42 Å². The first-order chi connectivity index (χ1) is 14.0. The molecule has 0 radical (unpaired) electrons. The Morgan fingerprint density at radius 3 is 2.90 bits per heavy atom. The molecule has 6 nitrogen and oxygen atoms in total. The lowest BCUT2D eigenvalue weighted by Gasteiger charge is -2.25. The highest BCUT2D eigenvalue weighted by Crippen LogP contribution is 2.32. The van der Waals surface area contributed by atoms with Gasteiger partial charge in [-0.2, -0.15) is 8.78 Å². The Labute approximate surface area is 179 Å². The molecule has 3 rings (SSSR count). The highest BCUT2D eigenvalue weighted by Gasteiger charge is 2.27. The van der Waals surface area contributed by atoms with E-state index in [1.807, 2.05) is 46.9 Å². The summed E-state index contributed by atoms with van der Waals surface area (Å²) in [6.07, 6.45) is 1.64. The third-order valence-electron chi connectivity index (χ3n) is 4.25. The fraction of sp³-hybridized carbons (Fsp3) is 0.200. The third kappa shape index (κ3) is 5.43. The molecule has 1 amide bonds. The number of nitrogens with one attached hydrogen (secondary N) is 1. The van der Waals surface area contributed by atoms with E-state index in [1.54, 1.807) is 0 Å². The molecule has 1 unspecified atom stereocenters. The molecule has 0 aromatic heterocycles. The molecule has 2 aromatic rings. The number of para-hydroxylation sites is 1. The molecule has 1 aliphatic heterocycles. The highest BCUT2D eigenvalue weighted by atomic mass is 127. The molecule has 1 atom stereocenters. The van der Waals surface area contributed by atoms with E-state index in [0.717, 1.165) is 11.3 Å². The quantitative estimate of drug-likeness (QED) is 0.330. The van der Waals surface area contributed by atoms with Gasteiger partial charge in [0.15, 0.2) is 0 Å². The van der Waals surface area contributed by atoms with Gasteiger partial charge in [0.2, 0.25) is 5.91 Å². The lowest BCUT2D eigenvalue weighted by atomic mass is 9.96. The molecule has 0 fully saturated rings. The van der Waals surface area contributed by atoms with Crippen molar-refractivity contribution in [3.63, 3.8) is 0 Å². The average molecular weight is 514 g/mol. The summed E-state index contributed by atoms with van der Waals surface area (Å²) in [7, 11) is 0. The van der Waals surface area contributed by atoms with Crippen molar-refractivity contribution in [3.8, 4) is 11.5 Å². The smallest absolute Gasteiger partial charge is 0.387 e. The Kier molecular flexibility index (Phi) is 7.02. The zero-order chi connectivity index (χ0) is 20.8. The van der Waals surface area contributed by atoms with Crippen LogP contribution < -0.4 is 14.8 Å². The van der Waals surface area contributed by atoms with Crippen molar-refractivity contribution in [1.82, 2.24) is 0 Å². The first-order valence-electron chi connectivity index (χ1n) is 8.59. The molecule has 2 N–H and O–H groups in total. The summed E-state index contributed by atoms with van der Waals surface area (Å²) in [5.41, 5.74) is 1.20. The third-order valence-corrected chi connectivity index (χ3v) is 4.58. The normalized spacial score (nSPS) is 16.4. The molecule has 0 saturated heterocycles. The molecule has 0 spiro atoms. The maximum Gasteiger partial charge on any atom is 0.387 e. The Bertz CT molecular complexity index is 950. The number of nitrogens with zero attached hydrogens (tertiary/aromatic N) is 1. The van der Waals surface area contributed by atoms with Crippen LogP contribution in [0.1, 0.15) is 11.1 Å². The lowest BCUT2D eigenvalue weighted by Crippen LogP contribution is -2.32. The van der Waals surface area contributed by atoms with Crippen LogP contribution in [0.25, 0.3) is 5.76 Å². The molecule has 0 aliphatic carbocycles. The molecule has 152 valence electrons. The summed E-state index contributed by atoms with van der Waals surface area (Å²) in [5.74, 6) is -0.608. The van der Waals surface area contributed by atoms with Gasteiger partial charge in [0.25, 0.3) is 0 Å². The molecule has 0 bridgehead atoms. The standard InChI is InChI=1S/C20H17F2IN2O4/c21-20(22)29-18-8-12(16(26)9-24-11-23)5-6-15(18)25-19(27)14-7-13-3-1-2-4-17(13)28-10-14/h1-6,8-9,11,14,20,26H,7,10H2,(H,25,27)/b16-9-,24-11-. The van der Waals surface area contributed by atoms with Crippen molar-refractivity contribution in [3.05, 3.63) is 59.8 Å². The maximum atomic E-state index is 12.8. The minimum atomic E-state index is -3.09. The van der Waals surface area contributed by atoms with E-state index in [-0.39, 0.29) is 35.3 Å². The number of hydrogen-bond acceptors (Lipinski definition) is 5. The van der Waals surface area contributed by atoms with Crippen LogP contribution in [0.15, 0.2) is 53.7 Å². The summed E-state index contributed by atoms with van der Waals surface area (Å²) >= 11 is 1.87. The van der Waals surface area contributed by atoms with Gasteiger partial charge in [0, 0.05) is 5.56 Å². The number of rotatable bonds is 6. The van der Waals surface area contributed by atoms with Crippen LogP contribution in [0, 0.1) is 5.92 Å². The Balaban J connectivity index is 1.79. The second-order valence-corrected chi connectivity index (χ2v) is 6.72. The lowest BCUT2D eigenvalue weighted by molar-refractivity contribution is -0.121. The van der Waals surface area contributed by atoms with Crippen molar-refractivity contribution in [1.29, 1.82) is 0 Å². The van der Waals surface area contributed by atoms with Crippen LogP contribution in [0.5, 0.6) is 11.5 Å². The SMILES string of the molecule is O=C(Nc1ccc(/C(O)=C/N=C\I)cc1OC(F)F)C1COc2ccccc2C1. The van der Waals surface area contributed by atoms with Crippen LogP contribution >= 0.6 is 22.6 Å². The number of carbonyl (C=O) groups is 1. The monoisotopic (exact) mass is 514 g/mol. The van der Waals surface area contributed by atoms with Gasteiger partial charge >= 0.3 is 6.61 Å². The van der Waals surface area contributed by atoms with Gasteiger partial charge < -0.3 is 19.9 Å². The first-order valence-corrected chi connectivity index (χ1v) is 9.84. The van der Waals surface area contributed by atoms with Crippen LogP contribution in [0.2, 0.25) is 0 Å². The summed E-state index contributed by atoms with van der Waals surface area (Å²) in [4.78, 5) is 16.4. The zero-order valence-corrected chi connectivity index (χ0v) is 17.2. The van der Waals surface area contributed by atoms with E-state index < -0.39 is 12.5 Å². The largest absolute Gasteiger partial charge is 0.506 e. The first kappa shape index (κ1) is 21.0. The average Bonchev–Trinajstić information content (AvgIpc) is 2.72. The van der Waals surface area contributed by atoms with Crippen molar-refractivity contribution in [2.24, 2.45) is 10.9 Å². The molecular formula is C20H17F2IN2O4. The molecule has 29 heavy (non-hydrogen) atoms. The fourth-order valence-corrected chi connectivity index (χ4v) is 3.04. The van der Waals surface area contributed by atoms with Gasteiger partial charge in [-0.05, 0) is 58.8 Å². The number of aliphatic imine (C=N–C) groups is 1. The minimum Gasteiger partial charge on any atom is -0.506 e. The Hall–Kier alpha value is -2.69. The predicted molar refractivity (Wildman–Crippen MR) is 114 cm³/mol. The maximum absolute atomic E-state index is 12.8. The number of amides is 1. The number of aliphatic hydroxyl groups excluding tert-OH is 1. The van der Waals surface area contributed by atoms with E-state index in [9.17, 15) is 18.7 Å². The van der Waals surface area contributed by atoms with E-state index in [2.05, 4.69) is 15.0 Å². The van der Waals surface area contributed by atoms with Gasteiger partial charge in [-0.3, -0.25) is 9.79 Å². The molecule has 1 aliphatic rings. The number of benzene rings is 2. The van der Waals surface area contributed by atoms with E-state index in [1.165, 1.54) is 28.6 Å². The van der Waals surface area contributed by atoms with Crippen LogP contribution in [-0.2, 0) is 11.2 Å². The predicted octanol–water partition coefficient (Wildman–Crippen LogP) is 4.80. The number of aliphatic hydroxyl groups is 1. The van der Waals surface area contributed by atoms with Gasteiger partial charge in [0.1, 0.15) is 23.9 Å². The zero-order valence-electron chi connectivity index (χ0n) is 15.0. The number of hydrogen-bond donors (Lipinski definition) is 2. The minimum absolute atomic E-state index is 0.0723. The number of carbonyl (C=O) groups excluding carboxylic acids is 1. The second-order valence-electron chi connectivity index (χ2n) is 6.16. The van der Waals surface area contributed by atoms with Crippen molar-refractivity contribution < 1.29 is 28.2 Å². The van der Waals surface area contributed by atoms with Gasteiger partial charge in [-0.25, -0.2) is 0 Å². The summed E-state index contributed by atoms with van der Waals surface area (Å²) in [6, 6.07) is 11.5. The highest BCUT2D eigenvalue weighted by molar-refractivity contribution is 14.1. The van der Waals surface area contributed by atoms with Crippen molar-refractivity contribution in [2.45, 2.75) is 13.0 Å². The second kappa shape index (κ2) is 9.68. The number of anilines is 1. The van der Waals surface area contributed by atoms with Crippen LogP contribution in [0.4, 0.5) is 14.5 Å². The van der Waals surface area contributed by atoms with Crippen molar-refractivity contribution in [2.75, 3.05) is 11.9 Å². The summed E-state index contributed by atoms with van der Waals surface area (Å²) < 4.78 is 37.2. The number of alkyl halides is 2. The fourth-order valence-electron chi connectivity index (χ4n) is 2.88. The summed E-state index contributed by atoms with van der Waals surface area (Å²) in [6.45, 7) is -2.91. The van der Waals surface area contributed by atoms with E-state index >= 15 is 0 Å². The van der Waals surface area contributed by atoms with Gasteiger partial charge in [0.05, 0.1) is 22.0 Å². The van der Waals surface area contributed by atoms with Crippen molar-refractivity contribution >= 4 is 44.2 Å². The molecule has 0 saturated carbocycles. The molecule has 9 heteroatoms. The molecule has 2 aromatic carbocycles.